The molecule has 4 rings (SSSR count). The van der Waals surface area contributed by atoms with Crippen LogP contribution in [0.5, 0.6) is 0 Å². The van der Waals surface area contributed by atoms with E-state index >= 15 is 0 Å². The summed E-state index contributed by atoms with van der Waals surface area (Å²) in [6.07, 6.45) is 0. The van der Waals surface area contributed by atoms with Gasteiger partial charge in [-0.15, -0.1) is 11.8 Å². The molecule has 0 fully saturated rings. The normalized spacial score (nSPS) is 11.0. The fourth-order valence-corrected chi connectivity index (χ4v) is 4.78. The number of thioether (sulfide) groups is 1. The Hall–Kier alpha value is -2.21. The second-order valence-electron chi connectivity index (χ2n) is 6.47. The second-order valence-corrected chi connectivity index (χ2v) is 8.90. The molecule has 0 unspecified atom stereocenters. The van der Waals surface area contributed by atoms with E-state index in [2.05, 4.69) is 50.5 Å². The highest BCUT2D eigenvalue weighted by molar-refractivity contribution is 9.10. The Morgan fingerprint density at radius 2 is 1.79 bits per heavy atom. The topological polar surface area (TPSA) is 44.9 Å². The molecule has 0 spiro atoms. The number of carbonyl (C=O) groups excluding carboxylic acids is 1. The Bertz CT molecular complexity index is 1160. The Morgan fingerprint density at radius 3 is 2.62 bits per heavy atom. The van der Waals surface area contributed by atoms with Gasteiger partial charge in [0.2, 0.25) is 0 Å². The Kier molecular flexibility index (Phi) is 6.28. The summed E-state index contributed by atoms with van der Waals surface area (Å²) in [5, 5.41) is 4.60. The molecule has 4 aromatic rings. The largest absolute Gasteiger partial charge is 0.354 e. The number of halogens is 2. The van der Waals surface area contributed by atoms with Crippen molar-refractivity contribution >= 4 is 56.1 Å². The molecular formula is C23H18BrClN2OS. The maximum atomic E-state index is 12.4. The van der Waals surface area contributed by atoms with E-state index in [9.17, 15) is 4.79 Å². The molecule has 1 heterocycles. The summed E-state index contributed by atoms with van der Waals surface area (Å²) in [7, 11) is 0. The highest BCUT2D eigenvalue weighted by Gasteiger charge is 2.14. The first kappa shape index (κ1) is 20.1. The summed E-state index contributed by atoms with van der Waals surface area (Å²) < 4.78 is 0.827. The van der Waals surface area contributed by atoms with Crippen LogP contribution in [0.2, 0.25) is 5.02 Å². The zero-order valence-electron chi connectivity index (χ0n) is 15.4. The fourth-order valence-electron chi connectivity index (χ4n) is 3.16. The number of amides is 1. The molecule has 1 aromatic heterocycles. The standard InChI is InChI=1S/C23H18BrClN2OS/c24-16-10-11-19(25)18(14-16)23(28)26-12-13-29-22-17-8-4-5-9-20(17)27-21(22)15-6-2-1-3-7-15/h1-11,14,27H,12-13H2,(H,26,28). The van der Waals surface area contributed by atoms with Crippen LogP contribution >= 0.6 is 39.3 Å². The molecule has 0 aliphatic heterocycles. The number of fused-ring (bicyclic) bond motifs is 1. The Labute approximate surface area is 187 Å². The van der Waals surface area contributed by atoms with E-state index < -0.39 is 0 Å². The van der Waals surface area contributed by atoms with Crippen LogP contribution in [0.15, 0.2) is 82.2 Å². The molecule has 0 aliphatic rings. The molecule has 3 nitrogen and oxygen atoms in total. The molecule has 3 aromatic carbocycles. The van der Waals surface area contributed by atoms with Crippen molar-refractivity contribution in [2.45, 2.75) is 4.90 Å². The first-order chi connectivity index (χ1) is 14.1. The van der Waals surface area contributed by atoms with Gasteiger partial charge in [0.1, 0.15) is 0 Å². The highest BCUT2D eigenvalue weighted by atomic mass is 79.9. The van der Waals surface area contributed by atoms with E-state index in [1.165, 1.54) is 10.3 Å². The van der Waals surface area contributed by atoms with Crippen molar-refractivity contribution < 1.29 is 4.79 Å². The summed E-state index contributed by atoms with van der Waals surface area (Å²) in [5.74, 6) is 0.582. The van der Waals surface area contributed by atoms with Gasteiger partial charge in [0.25, 0.3) is 5.91 Å². The van der Waals surface area contributed by atoms with Crippen LogP contribution in [0.25, 0.3) is 22.2 Å². The van der Waals surface area contributed by atoms with Gasteiger partial charge in [-0.1, -0.05) is 76.1 Å². The first-order valence-corrected chi connectivity index (χ1v) is 11.3. The van der Waals surface area contributed by atoms with Crippen LogP contribution in [0, 0.1) is 0 Å². The first-order valence-electron chi connectivity index (χ1n) is 9.15. The molecule has 0 atom stereocenters. The number of H-pyrrole nitrogens is 1. The minimum Gasteiger partial charge on any atom is -0.354 e. The van der Waals surface area contributed by atoms with Gasteiger partial charge in [-0.25, -0.2) is 0 Å². The number of benzene rings is 3. The number of rotatable bonds is 6. The fraction of sp³-hybridized carbons (Fsp3) is 0.0870. The third kappa shape index (κ3) is 4.53. The van der Waals surface area contributed by atoms with Crippen LogP contribution in [0.4, 0.5) is 0 Å². The van der Waals surface area contributed by atoms with Crippen molar-refractivity contribution in [2.75, 3.05) is 12.3 Å². The van der Waals surface area contributed by atoms with Crippen LogP contribution < -0.4 is 5.32 Å². The van der Waals surface area contributed by atoms with Gasteiger partial charge in [-0.2, -0.15) is 0 Å². The highest BCUT2D eigenvalue weighted by Crippen LogP contribution is 2.37. The predicted molar refractivity (Wildman–Crippen MR) is 126 cm³/mol. The summed E-state index contributed by atoms with van der Waals surface area (Å²) >= 11 is 11.3. The maximum absolute atomic E-state index is 12.4. The van der Waals surface area contributed by atoms with Gasteiger partial charge in [-0.05, 0) is 29.8 Å². The quantitative estimate of drug-likeness (QED) is 0.234. The lowest BCUT2D eigenvalue weighted by Crippen LogP contribution is -2.26. The average Bonchev–Trinajstić information content (AvgIpc) is 3.12. The van der Waals surface area contributed by atoms with Crippen molar-refractivity contribution in [1.82, 2.24) is 10.3 Å². The molecular weight excluding hydrogens is 468 g/mol. The van der Waals surface area contributed by atoms with E-state index in [1.807, 2.05) is 36.4 Å². The second kappa shape index (κ2) is 9.08. The van der Waals surface area contributed by atoms with E-state index in [4.69, 9.17) is 11.6 Å². The number of hydrogen-bond acceptors (Lipinski definition) is 2. The summed E-state index contributed by atoms with van der Waals surface area (Å²) in [4.78, 5) is 17.2. The third-order valence-corrected chi connectivity index (χ3v) is 6.47. The number of nitrogens with one attached hydrogen (secondary N) is 2. The Balaban J connectivity index is 1.49. The lowest BCUT2D eigenvalue weighted by Gasteiger charge is -2.08. The lowest BCUT2D eigenvalue weighted by atomic mass is 10.1. The van der Waals surface area contributed by atoms with Crippen LogP contribution in [0.1, 0.15) is 10.4 Å². The molecule has 0 saturated carbocycles. The molecule has 0 saturated heterocycles. The molecule has 2 N–H and O–H groups in total. The van der Waals surface area contributed by atoms with Crippen LogP contribution in [-0.4, -0.2) is 23.2 Å². The molecule has 29 heavy (non-hydrogen) atoms. The van der Waals surface area contributed by atoms with Gasteiger partial charge in [-0.3, -0.25) is 4.79 Å². The van der Waals surface area contributed by atoms with E-state index in [0.717, 1.165) is 27.0 Å². The number of aromatic amines is 1. The minimum atomic E-state index is -0.167. The number of carbonyl (C=O) groups is 1. The summed E-state index contributed by atoms with van der Waals surface area (Å²) in [6, 6.07) is 23.9. The minimum absolute atomic E-state index is 0.167. The number of hydrogen-bond donors (Lipinski definition) is 2. The summed E-state index contributed by atoms with van der Waals surface area (Å²) in [6.45, 7) is 0.542. The van der Waals surface area contributed by atoms with Gasteiger partial charge in [0.05, 0.1) is 16.3 Å². The summed E-state index contributed by atoms with van der Waals surface area (Å²) in [5.41, 5.74) is 3.84. The Morgan fingerprint density at radius 1 is 1.03 bits per heavy atom. The van der Waals surface area contributed by atoms with E-state index in [-0.39, 0.29) is 5.91 Å². The smallest absolute Gasteiger partial charge is 0.252 e. The molecule has 0 aliphatic carbocycles. The van der Waals surface area contributed by atoms with Gasteiger partial charge in [0.15, 0.2) is 0 Å². The zero-order valence-corrected chi connectivity index (χ0v) is 18.6. The molecule has 0 radical (unpaired) electrons. The molecule has 1 amide bonds. The predicted octanol–water partition coefficient (Wildman–Crippen LogP) is 6.77. The maximum Gasteiger partial charge on any atom is 0.252 e. The van der Waals surface area contributed by atoms with Crippen molar-refractivity contribution in [3.05, 3.63) is 87.9 Å². The van der Waals surface area contributed by atoms with Gasteiger partial charge < -0.3 is 10.3 Å². The zero-order chi connectivity index (χ0) is 20.2. The van der Waals surface area contributed by atoms with Crippen LogP contribution in [-0.2, 0) is 0 Å². The molecule has 0 bridgehead atoms. The lowest BCUT2D eigenvalue weighted by molar-refractivity contribution is 0.0956. The third-order valence-electron chi connectivity index (χ3n) is 4.53. The van der Waals surface area contributed by atoms with Gasteiger partial charge >= 0.3 is 0 Å². The van der Waals surface area contributed by atoms with E-state index in [0.29, 0.717) is 17.1 Å². The van der Waals surface area contributed by atoms with Crippen molar-refractivity contribution in [3.63, 3.8) is 0 Å². The van der Waals surface area contributed by atoms with Crippen molar-refractivity contribution in [3.8, 4) is 11.3 Å². The van der Waals surface area contributed by atoms with Crippen molar-refractivity contribution in [1.29, 1.82) is 0 Å². The molecule has 6 heteroatoms. The van der Waals surface area contributed by atoms with E-state index in [1.54, 1.807) is 23.9 Å². The number of aromatic nitrogens is 1. The van der Waals surface area contributed by atoms with Crippen LogP contribution in [0.3, 0.4) is 0 Å². The molecule has 146 valence electrons. The number of para-hydroxylation sites is 1. The van der Waals surface area contributed by atoms with Crippen molar-refractivity contribution in [2.24, 2.45) is 0 Å². The monoisotopic (exact) mass is 484 g/mol. The van der Waals surface area contributed by atoms with Gasteiger partial charge in [0, 0.05) is 32.6 Å². The average molecular weight is 486 g/mol. The SMILES string of the molecule is O=C(NCCSc1c(-c2ccccc2)[nH]c2ccccc12)c1cc(Br)ccc1Cl.